The van der Waals surface area contributed by atoms with Crippen LogP contribution < -0.4 is 5.73 Å². The number of benzene rings is 1. The van der Waals surface area contributed by atoms with E-state index in [0.29, 0.717) is 44.7 Å². The van der Waals surface area contributed by atoms with Crippen LogP contribution in [0.2, 0.25) is 0 Å². The Kier molecular flexibility index (Phi) is 10.4. The summed E-state index contributed by atoms with van der Waals surface area (Å²) in [6.45, 7) is 5.08. The van der Waals surface area contributed by atoms with Gasteiger partial charge in [-0.15, -0.1) is 0 Å². The minimum absolute atomic E-state index is 0.0608. The predicted molar refractivity (Wildman–Crippen MR) is 128 cm³/mol. The molecule has 186 valence electrons. The van der Waals surface area contributed by atoms with E-state index in [1.165, 1.54) is 19.3 Å². The zero-order valence-corrected chi connectivity index (χ0v) is 20.0. The van der Waals surface area contributed by atoms with Gasteiger partial charge in [-0.3, -0.25) is 4.79 Å². The van der Waals surface area contributed by atoms with Crippen LogP contribution in [-0.2, 0) is 14.3 Å². The molecule has 1 heterocycles. The third kappa shape index (κ3) is 6.50. The number of hydrogen-bond acceptors (Lipinski definition) is 6. The summed E-state index contributed by atoms with van der Waals surface area (Å²) in [7, 11) is 1.38. The average Bonchev–Trinajstić information content (AvgIpc) is 3.01. The number of halogens is 2. The van der Waals surface area contributed by atoms with Crippen LogP contribution in [0.5, 0.6) is 0 Å². The lowest BCUT2D eigenvalue weighted by atomic mass is 9.90. The first-order chi connectivity index (χ1) is 16.3. The molecule has 2 aliphatic rings. The molecule has 1 aromatic carbocycles. The van der Waals surface area contributed by atoms with Crippen molar-refractivity contribution < 1.29 is 23.0 Å². The molecule has 4 N–H and O–H groups in total. The molecule has 1 saturated carbocycles. The number of allylic oxidation sites excluding steroid dienone is 2. The van der Waals surface area contributed by atoms with Gasteiger partial charge in [-0.1, -0.05) is 25.5 Å². The van der Waals surface area contributed by atoms with Crippen molar-refractivity contribution in [1.29, 1.82) is 10.8 Å². The molecule has 7 nitrogen and oxygen atoms in total. The van der Waals surface area contributed by atoms with Gasteiger partial charge in [0, 0.05) is 37.3 Å². The van der Waals surface area contributed by atoms with E-state index >= 15 is 0 Å². The first-order valence-electron chi connectivity index (χ1n) is 11.5. The third-order valence-corrected chi connectivity index (χ3v) is 5.87. The number of methoxy groups -OCH3 is 1. The zero-order chi connectivity index (χ0) is 25.3. The summed E-state index contributed by atoms with van der Waals surface area (Å²) >= 11 is 0. The number of rotatable bonds is 5. The summed E-state index contributed by atoms with van der Waals surface area (Å²) in [5, 5.41) is 16.8. The molecule has 1 saturated heterocycles. The first kappa shape index (κ1) is 27.2. The highest BCUT2D eigenvalue weighted by atomic mass is 19.1. The molecule has 9 heteroatoms. The Morgan fingerprint density at radius 3 is 2.59 bits per heavy atom. The highest BCUT2D eigenvalue weighted by Gasteiger charge is 2.34. The van der Waals surface area contributed by atoms with Crippen LogP contribution in [0, 0.1) is 28.4 Å². The minimum atomic E-state index is -0.782. The number of carbonyl (C=O) groups excluding carboxylic acids is 1. The van der Waals surface area contributed by atoms with E-state index in [0.717, 1.165) is 30.3 Å². The van der Waals surface area contributed by atoms with Gasteiger partial charge in [0.15, 0.2) is 5.76 Å². The molecule has 1 aliphatic carbocycles. The van der Waals surface area contributed by atoms with Crippen LogP contribution in [0.4, 0.5) is 8.78 Å². The number of morpholine rings is 1. The van der Waals surface area contributed by atoms with Gasteiger partial charge < -0.3 is 30.9 Å². The van der Waals surface area contributed by atoms with Crippen LogP contribution in [0.15, 0.2) is 41.8 Å². The monoisotopic (exact) mass is 476 g/mol. The molecule has 0 spiro atoms. The smallest absolute Gasteiger partial charge is 0.290 e. The fraction of sp³-hybridized carbons (Fsp3) is 0.480. The Morgan fingerprint density at radius 2 is 1.97 bits per heavy atom. The summed E-state index contributed by atoms with van der Waals surface area (Å²) in [4.78, 5) is 14.2. The highest BCUT2D eigenvalue weighted by Crippen LogP contribution is 2.30. The Labute approximate surface area is 199 Å². The number of hydrogen-bond donors (Lipinski definition) is 3. The van der Waals surface area contributed by atoms with Crippen molar-refractivity contribution in [3.8, 4) is 0 Å². The van der Waals surface area contributed by atoms with Crippen LogP contribution >= 0.6 is 0 Å². The molecule has 0 aromatic heterocycles. The second-order valence-electron chi connectivity index (χ2n) is 7.91. The summed E-state index contributed by atoms with van der Waals surface area (Å²) in [5.74, 6) is -2.01. The maximum absolute atomic E-state index is 14.0. The Balaban J connectivity index is 0.00000199. The lowest BCUT2D eigenvalue weighted by Gasteiger charge is -2.37. The molecule has 0 bridgehead atoms. The van der Waals surface area contributed by atoms with Crippen molar-refractivity contribution in [3.63, 3.8) is 0 Å². The average molecular weight is 477 g/mol. The fourth-order valence-electron chi connectivity index (χ4n) is 4.24. The van der Waals surface area contributed by atoms with Gasteiger partial charge in [0.1, 0.15) is 11.6 Å². The van der Waals surface area contributed by atoms with Crippen LogP contribution in [0.3, 0.4) is 0 Å². The second kappa shape index (κ2) is 13.0. The number of nitrogens with two attached hydrogens (primary N) is 1. The molecule has 1 aliphatic heterocycles. The third-order valence-electron chi connectivity index (χ3n) is 5.87. The molecule has 2 atom stereocenters. The normalized spacial score (nSPS) is 22.5. The topological polar surface area (TPSA) is 112 Å². The molecular weight excluding hydrogens is 442 g/mol. The predicted octanol–water partition coefficient (Wildman–Crippen LogP) is 4.17. The van der Waals surface area contributed by atoms with E-state index in [4.69, 9.17) is 26.0 Å². The van der Waals surface area contributed by atoms with Crippen LogP contribution in [-0.4, -0.2) is 55.1 Å². The summed E-state index contributed by atoms with van der Waals surface area (Å²) < 4.78 is 38.9. The van der Waals surface area contributed by atoms with E-state index in [1.807, 2.05) is 13.8 Å². The lowest BCUT2D eigenvalue weighted by molar-refractivity contribution is -0.139. The molecular formula is C25H34F2N4O3. The van der Waals surface area contributed by atoms with E-state index in [-0.39, 0.29) is 35.0 Å². The first-order valence-corrected chi connectivity index (χ1v) is 11.5. The van der Waals surface area contributed by atoms with E-state index < -0.39 is 11.6 Å². The molecule has 0 radical (unpaired) electrons. The summed E-state index contributed by atoms with van der Waals surface area (Å²) in [6, 6.07) is 3.51. The van der Waals surface area contributed by atoms with Crippen molar-refractivity contribution >= 4 is 17.3 Å². The molecule has 1 amide bonds. The standard InChI is InChI=1S/C23H28F2N4O3.C2H6/c1-31-20(12-26)23(30)29-8-9-32-21(13-29)15-5-2-4-14(10-18(15)27)11-19(28)22-16(24)6-3-7-17(22)25;1-2/h3,6-7,11-12,15,21,27-28H,2,4-5,8-10,13,26H2,1H3;1-2H3/b14-11-,20-12-,27-18?,28-19?;. The van der Waals surface area contributed by atoms with Gasteiger partial charge in [0.2, 0.25) is 0 Å². The number of ether oxygens (including phenoxy) is 2. The minimum Gasteiger partial charge on any atom is -0.490 e. The van der Waals surface area contributed by atoms with Gasteiger partial charge in [0.05, 0.1) is 31.1 Å². The van der Waals surface area contributed by atoms with Crippen molar-refractivity contribution in [2.75, 3.05) is 26.8 Å². The number of carbonyl (C=O) groups is 1. The summed E-state index contributed by atoms with van der Waals surface area (Å²) in [5.41, 5.74) is 6.06. The van der Waals surface area contributed by atoms with Gasteiger partial charge >= 0.3 is 0 Å². The largest absolute Gasteiger partial charge is 0.490 e. The quantitative estimate of drug-likeness (QED) is 0.256. The Morgan fingerprint density at radius 1 is 1.29 bits per heavy atom. The lowest BCUT2D eigenvalue weighted by Crippen LogP contribution is -2.50. The molecule has 2 unspecified atom stereocenters. The molecule has 1 aromatic rings. The maximum atomic E-state index is 14.0. The van der Waals surface area contributed by atoms with E-state index in [9.17, 15) is 13.6 Å². The van der Waals surface area contributed by atoms with E-state index in [2.05, 4.69) is 0 Å². The van der Waals surface area contributed by atoms with Gasteiger partial charge in [-0.2, -0.15) is 0 Å². The number of nitrogens with one attached hydrogen (secondary N) is 2. The van der Waals surface area contributed by atoms with Crippen molar-refractivity contribution in [2.24, 2.45) is 11.7 Å². The van der Waals surface area contributed by atoms with Gasteiger partial charge in [-0.25, -0.2) is 8.78 Å². The molecule has 2 fully saturated rings. The van der Waals surface area contributed by atoms with Crippen LogP contribution in [0.25, 0.3) is 0 Å². The molecule has 3 rings (SSSR count). The SMILES string of the molecule is CC.CO/C(=C\N)C(=O)N1CCOC(C2CCC/C(=C/C(=N)c3c(F)cccc3F)CC2=N)C1. The fourth-order valence-corrected chi connectivity index (χ4v) is 4.24. The highest BCUT2D eigenvalue weighted by molar-refractivity contribution is 6.07. The maximum Gasteiger partial charge on any atom is 0.290 e. The van der Waals surface area contributed by atoms with E-state index in [1.54, 1.807) is 4.90 Å². The summed E-state index contributed by atoms with van der Waals surface area (Å²) in [6.07, 6.45) is 4.61. The van der Waals surface area contributed by atoms with Crippen molar-refractivity contribution in [1.82, 2.24) is 4.90 Å². The number of amides is 1. The van der Waals surface area contributed by atoms with Crippen LogP contribution in [0.1, 0.15) is 45.1 Å². The Hall–Kier alpha value is -3.07. The zero-order valence-electron chi connectivity index (χ0n) is 20.0. The van der Waals surface area contributed by atoms with Crippen molar-refractivity contribution in [3.05, 3.63) is 59.0 Å². The molecule has 34 heavy (non-hydrogen) atoms. The number of nitrogens with zero attached hydrogens (tertiary/aromatic N) is 1. The van der Waals surface area contributed by atoms with Gasteiger partial charge in [0.25, 0.3) is 5.91 Å². The second-order valence-corrected chi connectivity index (χ2v) is 7.91. The van der Waals surface area contributed by atoms with Gasteiger partial charge in [-0.05, 0) is 37.5 Å². The Bertz CT molecular complexity index is 941. The van der Waals surface area contributed by atoms with Crippen molar-refractivity contribution in [2.45, 2.75) is 45.6 Å².